The Labute approximate surface area is 195 Å². The van der Waals surface area contributed by atoms with Crippen LogP contribution >= 0.6 is 22.7 Å². The van der Waals surface area contributed by atoms with E-state index < -0.39 is 10.9 Å². The largest absolute Gasteiger partial charge is 0.462 e. The molecule has 170 valence electrons. The number of non-ortho nitro benzene ring substituents is 1. The van der Waals surface area contributed by atoms with Gasteiger partial charge in [-0.25, -0.2) is 19.3 Å². The van der Waals surface area contributed by atoms with Crippen LogP contribution in [0.15, 0.2) is 29.4 Å². The summed E-state index contributed by atoms with van der Waals surface area (Å²) in [7, 11) is 0. The molecular weight excluding hydrogens is 466 g/mol. The van der Waals surface area contributed by atoms with Crippen LogP contribution in [0.5, 0.6) is 0 Å². The number of imidazole rings is 1. The van der Waals surface area contributed by atoms with E-state index in [1.54, 1.807) is 36.7 Å². The summed E-state index contributed by atoms with van der Waals surface area (Å²) in [4.78, 5) is 32.6. The summed E-state index contributed by atoms with van der Waals surface area (Å²) in [5.41, 5.74) is 5.31. The van der Waals surface area contributed by atoms with Gasteiger partial charge in [0.25, 0.3) is 5.69 Å². The summed E-state index contributed by atoms with van der Waals surface area (Å²) in [6.45, 7) is 5.77. The highest BCUT2D eigenvalue weighted by molar-refractivity contribution is 7.17. The average Bonchev–Trinajstić information content (AvgIpc) is 3.47. The smallest absolute Gasteiger partial charge is 0.350 e. The second-order valence-electron chi connectivity index (χ2n) is 6.72. The van der Waals surface area contributed by atoms with Crippen molar-refractivity contribution in [1.82, 2.24) is 19.6 Å². The van der Waals surface area contributed by atoms with Crippen LogP contribution in [0, 0.1) is 17.0 Å². The Morgan fingerprint density at radius 3 is 2.70 bits per heavy atom. The summed E-state index contributed by atoms with van der Waals surface area (Å²) in [5.74, 6) is -0.419. The zero-order chi connectivity index (χ0) is 23.5. The van der Waals surface area contributed by atoms with E-state index in [0.717, 1.165) is 22.8 Å². The van der Waals surface area contributed by atoms with Crippen molar-refractivity contribution in [3.8, 4) is 11.3 Å². The van der Waals surface area contributed by atoms with Gasteiger partial charge in [0.05, 0.1) is 23.4 Å². The van der Waals surface area contributed by atoms with Crippen molar-refractivity contribution in [3.63, 3.8) is 0 Å². The van der Waals surface area contributed by atoms with Gasteiger partial charge in [-0.3, -0.25) is 15.5 Å². The molecule has 13 heteroatoms. The van der Waals surface area contributed by atoms with Crippen molar-refractivity contribution in [2.24, 2.45) is 5.10 Å². The predicted molar refractivity (Wildman–Crippen MR) is 126 cm³/mol. The van der Waals surface area contributed by atoms with Crippen molar-refractivity contribution in [1.29, 1.82) is 0 Å². The van der Waals surface area contributed by atoms with E-state index in [4.69, 9.17) is 4.74 Å². The Hall–Kier alpha value is -3.71. The SMILES string of the molecule is CCOC(=O)c1sc(N/N=C/c2c(-c3ccc([N+](=O)[O-])cc3)nc3sc(CC)nn23)nc1C. The molecule has 0 bridgehead atoms. The first-order valence-corrected chi connectivity index (χ1v) is 11.6. The predicted octanol–water partition coefficient (Wildman–Crippen LogP) is 4.32. The minimum absolute atomic E-state index is 0.000377. The molecule has 1 N–H and O–H groups in total. The molecule has 1 aromatic carbocycles. The molecule has 0 amide bonds. The Kier molecular flexibility index (Phi) is 6.42. The number of ether oxygens (including phenoxy) is 1. The maximum Gasteiger partial charge on any atom is 0.350 e. The number of fused-ring (bicyclic) bond motifs is 1. The second kappa shape index (κ2) is 9.42. The van der Waals surface area contributed by atoms with Gasteiger partial charge in [0.1, 0.15) is 21.3 Å². The van der Waals surface area contributed by atoms with E-state index in [9.17, 15) is 14.9 Å². The standard InChI is InChI=1S/C20H19N7O4S2/c1-4-15-25-26-14(10-21-24-19-22-11(3)17(33-19)18(28)31-5-2)16(23-20(26)32-15)12-6-8-13(9-7-12)27(29)30/h6-10H,4-5H2,1-3H3,(H,22,24)/b21-10+. The van der Waals surface area contributed by atoms with E-state index in [1.807, 2.05) is 6.92 Å². The molecule has 0 aliphatic heterocycles. The highest BCUT2D eigenvalue weighted by atomic mass is 32.1. The maximum absolute atomic E-state index is 12.0. The first-order valence-electron chi connectivity index (χ1n) is 9.98. The third-order valence-corrected chi connectivity index (χ3v) is 6.63. The summed E-state index contributed by atoms with van der Waals surface area (Å²) in [6.07, 6.45) is 2.33. The lowest BCUT2D eigenvalue weighted by Gasteiger charge is -2.00. The van der Waals surface area contributed by atoms with Gasteiger partial charge in [0.15, 0.2) is 0 Å². The van der Waals surface area contributed by atoms with E-state index >= 15 is 0 Å². The number of rotatable bonds is 8. The fourth-order valence-electron chi connectivity index (χ4n) is 2.99. The molecule has 11 nitrogen and oxygen atoms in total. The summed E-state index contributed by atoms with van der Waals surface area (Å²) in [5, 5.41) is 21.2. The first-order chi connectivity index (χ1) is 15.9. The number of nitro groups is 1. The van der Waals surface area contributed by atoms with Crippen LogP contribution in [0.2, 0.25) is 0 Å². The third kappa shape index (κ3) is 4.59. The molecule has 0 aliphatic rings. The second-order valence-corrected chi connectivity index (χ2v) is 8.76. The van der Waals surface area contributed by atoms with Crippen molar-refractivity contribution in [3.05, 3.63) is 55.7 Å². The van der Waals surface area contributed by atoms with Crippen molar-refractivity contribution < 1.29 is 14.5 Å². The van der Waals surface area contributed by atoms with Crippen LogP contribution in [0.4, 0.5) is 10.8 Å². The number of esters is 1. The number of aryl methyl sites for hydroxylation is 2. The van der Waals surface area contributed by atoms with Gasteiger partial charge < -0.3 is 4.74 Å². The Morgan fingerprint density at radius 2 is 2.03 bits per heavy atom. The quantitative estimate of drug-likeness (QED) is 0.169. The van der Waals surface area contributed by atoms with Crippen LogP contribution in [0.25, 0.3) is 16.2 Å². The lowest BCUT2D eigenvalue weighted by atomic mass is 10.1. The number of nitro benzene ring substituents is 1. The van der Waals surface area contributed by atoms with Gasteiger partial charge in [-0.1, -0.05) is 29.6 Å². The minimum atomic E-state index is -0.447. The number of hydrogen-bond donors (Lipinski definition) is 1. The molecule has 3 heterocycles. The molecule has 0 aliphatic carbocycles. The molecule has 0 saturated heterocycles. The number of thiazole rings is 1. The van der Waals surface area contributed by atoms with Gasteiger partial charge >= 0.3 is 5.97 Å². The first kappa shape index (κ1) is 22.5. The number of nitrogens with zero attached hydrogens (tertiary/aromatic N) is 6. The molecule has 0 atom stereocenters. The topological polar surface area (TPSA) is 137 Å². The number of hydrazone groups is 1. The summed E-state index contributed by atoms with van der Waals surface area (Å²) < 4.78 is 6.74. The Morgan fingerprint density at radius 1 is 1.27 bits per heavy atom. The van der Waals surface area contributed by atoms with Crippen LogP contribution in [-0.2, 0) is 11.2 Å². The van der Waals surface area contributed by atoms with E-state index in [2.05, 4.69) is 25.6 Å². The normalized spacial score (nSPS) is 11.4. The van der Waals surface area contributed by atoms with Gasteiger partial charge in [0.2, 0.25) is 10.1 Å². The number of hydrogen-bond acceptors (Lipinski definition) is 11. The van der Waals surface area contributed by atoms with Crippen molar-refractivity contribution >= 4 is 50.6 Å². The Bertz CT molecular complexity index is 1350. The fourth-order valence-corrected chi connectivity index (χ4v) is 4.64. The Balaban J connectivity index is 1.66. The lowest BCUT2D eigenvalue weighted by Crippen LogP contribution is -2.03. The molecule has 0 saturated carbocycles. The number of anilines is 1. The number of carbonyl (C=O) groups is 1. The van der Waals surface area contributed by atoms with Crippen LogP contribution in [0.3, 0.4) is 0 Å². The maximum atomic E-state index is 12.0. The monoisotopic (exact) mass is 485 g/mol. The van der Waals surface area contributed by atoms with Gasteiger partial charge in [-0.15, -0.1) is 0 Å². The van der Waals surface area contributed by atoms with Gasteiger partial charge in [-0.05, 0) is 32.4 Å². The number of aromatic nitrogens is 4. The van der Waals surface area contributed by atoms with Crippen molar-refractivity contribution in [2.75, 3.05) is 12.0 Å². The van der Waals surface area contributed by atoms with Crippen LogP contribution in [-0.4, -0.2) is 43.3 Å². The highest BCUT2D eigenvalue weighted by Gasteiger charge is 2.18. The van der Waals surface area contributed by atoms with Gasteiger partial charge in [-0.2, -0.15) is 10.2 Å². The lowest BCUT2D eigenvalue weighted by molar-refractivity contribution is -0.384. The fraction of sp³-hybridized carbons (Fsp3) is 0.250. The molecule has 4 rings (SSSR count). The summed E-state index contributed by atoms with van der Waals surface area (Å²) >= 11 is 2.62. The molecule has 0 radical (unpaired) electrons. The molecule has 3 aromatic heterocycles. The molecule has 33 heavy (non-hydrogen) atoms. The van der Waals surface area contributed by atoms with Crippen molar-refractivity contribution in [2.45, 2.75) is 27.2 Å². The third-order valence-electron chi connectivity index (χ3n) is 4.54. The zero-order valence-corrected chi connectivity index (χ0v) is 19.6. The van der Waals surface area contributed by atoms with E-state index in [0.29, 0.717) is 37.6 Å². The van der Waals surface area contributed by atoms with Gasteiger partial charge in [0, 0.05) is 17.7 Å². The summed E-state index contributed by atoms with van der Waals surface area (Å²) in [6, 6.07) is 6.15. The number of benzene rings is 1. The van der Waals surface area contributed by atoms with Crippen LogP contribution in [0.1, 0.15) is 39.9 Å². The van der Waals surface area contributed by atoms with Crippen LogP contribution < -0.4 is 5.43 Å². The van der Waals surface area contributed by atoms with E-state index in [-0.39, 0.29) is 12.3 Å². The van der Waals surface area contributed by atoms with E-state index in [1.165, 1.54) is 23.5 Å². The highest BCUT2D eigenvalue weighted by Crippen LogP contribution is 2.28. The molecular formula is C20H19N7O4S2. The zero-order valence-electron chi connectivity index (χ0n) is 17.9. The molecule has 0 unspecified atom stereocenters. The average molecular weight is 486 g/mol. The molecule has 4 aromatic rings. The number of carbonyl (C=O) groups excluding carboxylic acids is 1. The molecule has 0 fully saturated rings. The minimum Gasteiger partial charge on any atom is -0.462 e. The molecule has 0 spiro atoms. The number of nitrogens with one attached hydrogen (secondary N) is 1.